The number of aromatic hydroxyl groups is 1. The van der Waals surface area contributed by atoms with E-state index in [2.05, 4.69) is 10.3 Å². The second-order valence-corrected chi connectivity index (χ2v) is 4.24. The van der Waals surface area contributed by atoms with Crippen LogP contribution in [0, 0.1) is 6.92 Å². The molecule has 0 bridgehead atoms. The summed E-state index contributed by atoms with van der Waals surface area (Å²) in [7, 11) is 0. The van der Waals surface area contributed by atoms with Gasteiger partial charge in [0.2, 0.25) is 0 Å². The third-order valence-corrected chi connectivity index (χ3v) is 2.89. The highest BCUT2D eigenvalue weighted by atomic mass is 16.5. The predicted octanol–water partition coefficient (Wildman–Crippen LogP) is 3.11. The van der Waals surface area contributed by atoms with Gasteiger partial charge in [-0.25, -0.2) is 0 Å². The van der Waals surface area contributed by atoms with Gasteiger partial charge in [0.15, 0.2) is 11.5 Å². The molecule has 0 unspecified atom stereocenters. The molecule has 0 fully saturated rings. The number of aromatic nitrogens is 1. The molecule has 100 valence electrons. The standard InChI is InChI=1S/C15H18N2O2/c1-3-19-14-6-4-5-12(15(14)18)9-17-13-10-16-8-7-11(13)2/h4-8,10,17-18H,3,9H2,1-2H3. The molecular weight excluding hydrogens is 240 g/mol. The molecule has 0 saturated heterocycles. The van der Waals surface area contributed by atoms with Gasteiger partial charge in [0.1, 0.15) is 0 Å². The second kappa shape index (κ2) is 6.09. The third kappa shape index (κ3) is 3.16. The topological polar surface area (TPSA) is 54.4 Å². The summed E-state index contributed by atoms with van der Waals surface area (Å²) in [6.07, 6.45) is 3.53. The Morgan fingerprint density at radius 3 is 2.89 bits per heavy atom. The number of para-hydroxylation sites is 1. The summed E-state index contributed by atoms with van der Waals surface area (Å²) >= 11 is 0. The van der Waals surface area contributed by atoms with Gasteiger partial charge in [0.05, 0.1) is 18.5 Å². The van der Waals surface area contributed by atoms with Crippen LogP contribution in [0.5, 0.6) is 11.5 Å². The van der Waals surface area contributed by atoms with Gasteiger partial charge in [-0.15, -0.1) is 0 Å². The Morgan fingerprint density at radius 1 is 1.32 bits per heavy atom. The molecule has 0 aliphatic rings. The number of ether oxygens (including phenoxy) is 1. The van der Waals surface area contributed by atoms with Crippen LogP contribution in [0.2, 0.25) is 0 Å². The number of hydrogen-bond acceptors (Lipinski definition) is 4. The highest BCUT2D eigenvalue weighted by Gasteiger charge is 2.07. The molecule has 19 heavy (non-hydrogen) atoms. The zero-order valence-electron chi connectivity index (χ0n) is 11.2. The summed E-state index contributed by atoms with van der Waals surface area (Å²) in [5.74, 6) is 0.711. The van der Waals surface area contributed by atoms with Crippen molar-refractivity contribution in [3.05, 3.63) is 47.8 Å². The van der Waals surface area contributed by atoms with Crippen LogP contribution in [0.25, 0.3) is 0 Å². The maximum atomic E-state index is 10.1. The fourth-order valence-electron chi connectivity index (χ4n) is 1.82. The minimum atomic E-state index is 0.193. The zero-order valence-corrected chi connectivity index (χ0v) is 11.2. The van der Waals surface area contributed by atoms with Gasteiger partial charge >= 0.3 is 0 Å². The molecule has 0 spiro atoms. The van der Waals surface area contributed by atoms with Gasteiger partial charge in [0, 0.05) is 18.3 Å². The second-order valence-electron chi connectivity index (χ2n) is 4.24. The number of phenolic OH excluding ortho intramolecular Hbond substituents is 1. The third-order valence-electron chi connectivity index (χ3n) is 2.89. The number of nitrogens with zero attached hydrogens (tertiary/aromatic N) is 1. The molecule has 1 heterocycles. The van der Waals surface area contributed by atoms with Crippen molar-refractivity contribution in [3.8, 4) is 11.5 Å². The summed E-state index contributed by atoms with van der Waals surface area (Å²) in [6, 6.07) is 7.45. The normalized spacial score (nSPS) is 10.2. The molecule has 0 radical (unpaired) electrons. The highest BCUT2D eigenvalue weighted by molar-refractivity contribution is 5.51. The minimum absolute atomic E-state index is 0.193. The maximum absolute atomic E-state index is 10.1. The average molecular weight is 258 g/mol. The Hall–Kier alpha value is -2.23. The molecule has 1 aromatic heterocycles. The summed E-state index contributed by atoms with van der Waals surface area (Å²) in [5, 5.41) is 13.3. The van der Waals surface area contributed by atoms with Crippen LogP contribution in [0.15, 0.2) is 36.7 Å². The fraction of sp³-hybridized carbons (Fsp3) is 0.267. The summed E-state index contributed by atoms with van der Waals surface area (Å²) < 4.78 is 5.36. The fourth-order valence-corrected chi connectivity index (χ4v) is 1.82. The number of benzene rings is 1. The highest BCUT2D eigenvalue weighted by Crippen LogP contribution is 2.30. The van der Waals surface area contributed by atoms with Crippen molar-refractivity contribution in [2.45, 2.75) is 20.4 Å². The smallest absolute Gasteiger partial charge is 0.162 e. The number of aryl methyl sites for hydroxylation is 1. The monoisotopic (exact) mass is 258 g/mol. The lowest BCUT2D eigenvalue weighted by molar-refractivity contribution is 0.317. The van der Waals surface area contributed by atoms with Gasteiger partial charge in [-0.3, -0.25) is 4.98 Å². The Balaban J connectivity index is 2.12. The van der Waals surface area contributed by atoms with Gasteiger partial charge in [-0.1, -0.05) is 12.1 Å². The summed E-state index contributed by atoms with van der Waals surface area (Å²) in [4.78, 5) is 4.08. The first-order valence-corrected chi connectivity index (χ1v) is 6.30. The largest absolute Gasteiger partial charge is 0.504 e. The van der Waals surface area contributed by atoms with Gasteiger partial charge < -0.3 is 15.2 Å². The molecule has 2 rings (SSSR count). The van der Waals surface area contributed by atoms with E-state index in [0.717, 1.165) is 16.8 Å². The van der Waals surface area contributed by atoms with E-state index >= 15 is 0 Å². The number of nitrogens with one attached hydrogen (secondary N) is 1. The van der Waals surface area contributed by atoms with Gasteiger partial charge in [-0.05, 0) is 31.5 Å². The van der Waals surface area contributed by atoms with Gasteiger partial charge in [0.25, 0.3) is 0 Å². The minimum Gasteiger partial charge on any atom is -0.504 e. The number of hydrogen-bond donors (Lipinski definition) is 2. The lowest BCUT2D eigenvalue weighted by Crippen LogP contribution is -2.02. The average Bonchev–Trinajstić information content (AvgIpc) is 2.42. The van der Waals surface area contributed by atoms with E-state index in [4.69, 9.17) is 4.74 Å². The number of pyridine rings is 1. The molecule has 4 heteroatoms. The Kier molecular flexibility index (Phi) is 4.23. The Labute approximate surface area is 113 Å². The lowest BCUT2D eigenvalue weighted by atomic mass is 10.1. The van der Waals surface area contributed by atoms with E-state index < -0.39 is 0 Å². The number of rotatable bonds is 5. The first-order chi connectivity index (χ1) is 9.22. The molecule has 0 saturated carbocycles. The van der Waals surface area contributed by atoms with E-state index in [1.807, 2.05) is 32.0 Å². The van der Waals surface area contributed by atoms with Crippen LogP contribution in [0.3, 0.4) is 0 Å². The quantitative estimate of drug-likeness (QED) is 0.865. The molecular formula is C15H18N2O2. The molecule has 0 atom stereocenters. The van der Waals surface area contributed by atoms with E-state index in [9.17, 15) is 5.11 Å². The van der Waals surface area contributed by atoms with Crippen LogP contribution in [-0.2, 0) is 6.54 Å². The molecule has 2 N–H and O–H groups in total. The first-order valence-electron chi connectivity index (χ1n) is 6.30. The predicted molar refractivity (Wildman–Crippen MR) is 75.6 cm³/mol. The van der Waals surface area contributed by atoms with Crippen molar-refractivity contribution in [2.24, 2.45) is 0 Å². The Bertz CT molecular complexity index is 556. The van der Waals surface area contributed by atoms with E-state index in [0.29, 0.717) is 18.9 Å². The molecule has 0 aliphatic carbocycles. The number of anilines is 1. The molecule has 2 aromatic rings. The molecule has 4 nitrogen and oxygen atoms in total. The van der Waals surface area contributed by atoms with Crippen LogP contribution >= 0.6 is 0 Å². The SMILES string of the molecule is CCOc1cccc(CNc2cnccc2C)c1O. The lowest BCUT2D eigenvalue weighted by Gasteiger charge is -2.12. The first kappa shape index (κ1) is 13.2. The van der Waals surface area contributed by atoms with E-state index in [-0.39, 0.29) is 5.75 Å². The van der Waals surface area contributed by atoms with Crippen LogP contribution in [0.4, 0.5) is 5.69 Å². The van der Waals surface area contributed by atoms with Crippen LogP contribution in [-0.4, -0.2) is 16.7 Å². The van der Waals surface area contributed by atoms with Crippen molar-refractivity contribution >= 4 is 5.69 Å². The molecule has 1 aromatic carbocycles. The summed E-state index contributed by atoms with van der Waals surface area (Å²) in [6.45, 7) is 4.97. The van der Waals surface area contributed by atoms with E-state index in [1.54, 1.807) is 18.5 Å². The van der Waals surface area contributed by atoms with E-state index in [1.165, 1.54) is 0 Å². The van der Waals surface area contributed by atoms with Crippen molar-refractivity contribution in [2.75, 3.05) is 11.9 Å². The summed E-state index contributed by atoms with van der Waals surface area (Å²) in [5.41, 5.74) is 2.88. The number of phenols is 1. The molecule has 0 aliphatic heterocycles. The van der Waals surface area contributed by atoms with Crippen LogP contribution in [0.1, 0.15) is 18.1 Å². The molecule has 0 amide bonds. The Morgan fingerprint density at radius 2 is 2.16 bits per heavy atom. The van der Waals surface area contributed by atoms with Crippen molar-refractivity contribution < 1.29 is 9.84 Å². The van der Waals surface area contributed by atoms with Gasteiger partial charge in [-0.2, -0.15) is 0 Å². The van der Waals surface area contributed by atoms with Crippen LogP contribution < -0.4 is 10.1 Å². The van der Waals surface area contributed by atoms with Crippen molar-refractivity contribution in [1.82, 2.24) is 4.98 Å². The maximum Gasteiger partial charge on any atom is 0.162 e. The zero-order chi connectivity index (χ0) is 13.7. The van der Waals surface area contributed by atoms with Crippen molar-refractivity contribution in [3.63, 3.8) is 0 Å². The van der Waals surface area contributed by atoms with Crippen molar-refractivity contribution in [1.29, 1.82) is 0 Å².